The molecule has 1 fully saturated rings. The van der Waals surface area contributed by atoms with Crippen LogP contribution in [0.25, 0.3) is 0 Å². The Balaban J connectivity index is 2.02. The molecule has 1 aliphatic heterocycles. The molecule has 0 saturated carbocycles. The van der Waals surface area contributed by atoms with Crippen molar-refractivity contribution in [3.05, 3.63) is 29.3 Å². The van der Waals surface area contributed by atoms with Crippen molar-refractivity contribution in [2.24, 2.45) is 5.92 Å². The fraction of sp³-hybridized carbons (Fsp3) is 0.500. The summed E-state index contributed by atoms with van der Waals surface area (Å²) in [7, 11) is 0. The lowest BCUT2D eigenvalue weighted by atomic mass is 10.00. The molecule has 1 amide bonds. The average molecular weight is 248 g/mol. The van der Waals surface area contributed by atoms with Gasteiger partial charge in [-0.3, -0.25) is 4.79 Å². The number of aromatic hydroxyl groups is 1. The van der Waals surface area contributed by atoms with Crippen LogP contribution in [0.2, 0.25) is 0 Å². The molecule has 2 rings (SSSR count). The molecule has 4 nitrogen and oxygen atoms in total. The van der Waals surface area contributed by atoms with Crippen molar-refractivity contribution in [3.63, 3.8) is 0 Å². The Bertz CT molecular complexity index is 439. The average Bonchev–Trinajstić information content (AvgIpc) is 2.81. The van der Waals surface area contributed by atoms with Gasteiger partial charge in [0.25, 0.3) is 5.91 Å². The summed E-state index contributed by atoms with van der Waals surface area (Å²) in [6, 6.07) is 5.22. The highest BCUT2D eigenvalue weighted by Gasteiger charge is 2.23. The highest BCUT2D eigenvalue weighted by Crippen LogP contribution is 2.19. The highest BCUT2D eigenvalue weighted by molar-refractivity contribution is 5.97. The van der Waals surface area contributed by atoms with E-state index in [1.165, 1.54) is 0 Å². The van der Waals surface area contributed by atoms with Crippen LogP contribution in [-0.2, 0) is 0 Å². The fourth-order valence-corrected chi connectivity index (χ4v) is 2.34. The van der Waals surface area contributed by atoms with E-state index < -0.39 is 0 Å². The highest BCUT2D eigenvalue weighted by atomic mass is 16.3. The van der Waals surface area contributed by atoms with Gasteiger partial charge in [-0.2, -0.15) is 0 Å². The lowest BCUT2D eigenvalue weighted by Gasteiger charge is -2.20. The van der Waals surface area contributed by atoms with E-state index in [-0.39, 0.29) is 17.7 Å². The van der Waals surface area contributed by atoms with Crippen molar-refractivity contribution < 1.29 is 9.90 Å². The van der Waals surface area contributed by atoms with Gasteiger partial charge in [0.05, 0.1) is 5.56 Å². The number of benzene rings is 1. The predicted molar refractivity (Wildman–Crippen MR) is 70.7 cm³/mol. The summed E-state index contributed by atoms with van der Waals surface area (Å²) in [6.07, 6.45) is 1.08. The molecule has 1 saturated heterocycles. The van der Waals surface area contributed by atoms with Crippen LogP contribution in [-0.4, -0.2) is 30.1 Å². The zero-order chi connectivity index (χ0) is 13.1. The number of nitrogens with one attached hydrogen (secondary N) is 2. The standard InChI is InChI=1S/C14H20N2O2/c1-9-3-4-12(13(17)7-9)14(18)16-10(2)11-5-6-15-8-11/h3-4,7,10-11,15,17H,5-6,8H2,1-2H3,(H,16,18). The number of phenolic OH excluding ortho intramolecular Hbond substituents is 1. The Hall–Kier alpha value is -1.55. The van der Waals surface area contributed by atoms with Gasteiger partial charge in [0.2, 0.25) is 0 Å². The molecule has 1 aliphatic rings. The van der Waals surface area contributed by atoms with E-state index in [1.54, 1.807) is 12.1 Å². The summed E-state index contributed by atoms with van der Waals surface area (Å²) in [4.78, 5) is 12.1. The van der Waals surface area contributed by atoms with Crippen LogP contribution in [0.4, 0.5) is 0 Å². The zero-order valence-electron chi connectivity index (χ0n) is 10.9. The molecular formula is C14H20N2O2. The normalized spacial score (nSPS) is 20.7. The summed E-state index contributed by atoms with van der Waals surface area (Å²) in [5.74, 6) is 0.317. The van der Waals surface area contributed by atoms with Crippen molar-refractivity contribution >= 4 is 5.91 Å². The summed E-state index contributed by atoms with van der Waals surface area (Å²) in [6.45, 7) is 5.86. The van der Waals surface area contributed by atoms with Gasteiger partial charge in [0, 0.05) is 6.04 Å². The molecule has 0 bridgehead atoms. The van der Waals surface area contributed by atoms with Crippen molar-refractivity contribution in [1.82, 2.24) is 10.6 Å². The topological polar surface area (TPSA) is 61.4 Å². The second kappa shape index (κ2) is 5.40. The quantitative estimate of drug-likeness (QED) is 0.758. The van der Waals surface area contributed by atoms with E-state index in [1.807, 2.05) is 19.9 Å². The van der Waals surface area contributed by atoms with Crippen molar-refractivity contribution in [1.29, 1.82) is 0 Å². The molecule has 0 spiro atoms. The zero-order valence-corrected chi connectivity index (χ0v) is 10.9. The number of phenols is 1. The first-order valence-electron chi connectivity index (χ1n) is 6.39. The van der Waals surface area contributed by atoms with Crippen LogP contribution in [0.1, 0.15) is 29.3 Å². The van der Waals surface area contributed by atoms with Crippen LogP contribution in [0, 0.1) is 12.8 Å². The van der Waals surface area contributed by atoms with E-state index in [0.29, 0.717) is 11.5 Å². The van der Waals surface area contributed by atoms with Gasteiger partial charge in [-0.15, -0.1) is 0 Å². The molecule has 18 heavy (non-hydrogen) atoms. The number of amides is 1. The number of hydrogen-bond acceptors (Lipinski definition) is 3. The minimum atomic E-state index is -0.202. The SMILES string of the molecule is Cc1ccc(C(=O)NC(C)C2CCNC2)c(O)c1. The maximum atomic E-state index is 12.1. The molecule has 0 radical (unpaired) electrons. The lowest BCUT2D eigenvalue weighted by molar-refractivity contribution is 0.0926. The van der Waals surface area contributed by atoms with E-state index >= 15 is 0 Å². The number of carbonyl (C=O) groups is 1. The van der Waals surface area contributed by atoms with Crippen LogP contribution < -0.4 is 10.6 Å². The number of aryl methyl sites for hydroxylation is 1. The van der Waals surface area contributed by atoms with Gasteiger partial charge < -0.3 is 15.7 Å². The Kier molecular flexibility index (Phi) is 3.87. The largest absolute Gasteiger partial charge is 0.507 e. The Morgan fingerprint density at radius 1 is 1.56 bits per heavy atom. The van der Waals surface area contributed by atoms with Crippen LogP contribution in [0.5, 0.6) is 5.75 Å². The van der Waals surface area contributed by atoms with Gasteiger partial charge in [0.1, 0.15) is 5.75 Å². The van der Waals surface area contributed by atoms with Crippen LogP contribution in [0.15, 0.2) is 18.2 Å². The van der Waals surface area contributed by atoms with Crippen LogP contribution in [0.3, 0.4) is 0 Å². The maximum absolute atomic E-state index is 12.1. The predicted octanol–water partition coefficient (Wildman–Crippen LogP) is 1.43. The fourth-order valence-electron chi connectivity index (χ4n) is 2.34. The monoisotopic (exact) mass is 248 g/mol. The minimum Gasteiger partial charge on any atom is -0.507 e. The maximum Gasteiger partial charge on any atom is 0.255 e. The lowest BCUT2D eigenvalue weighted by Crippen LogP contribution is -2.38. The van der Waals surface area contributed by atoms with E-state index in [4.69, 9.17) is 0 Å². The first-order chi connectivity index (χ1) is 8.58. The molecule has 2 unspecified atom stereocenters. The first-order valence-corrected chi connectivity index (χ1v) is 6.39. The number of rotatable bonds is 3. The van der Waals surface area contributed by atoms with Gasteiger partial charge >= 0.3 is 0 Å². The van der Waals surface area contributed by atoms with E-state index in [0.717, 1.165) is 25.1 Å². The first kappa shape index (κ1) is 12.9. The third-order valence-corrected chi connectivity index (χ3v) is 3.56. The third kappa shape index (κ3) is 2.82. The molecule has 4 heteroatoms. The van der Waals surface area contributed by atoms with Crippen molar-refractivity contribution in [3.8, 4) is 5.75 Å². The van der Waals surface area contributed by atoms with Crippen molar-refractivity contribution in [2.75, 3.05) is 13.1 Å². The Labute approximate surface area is 107 Å². The second-order valence-electron chi connectivity index (χ2n) is 5.04. The summed E-state index contributed by atoms with van der Waals surface area (Å²) < 4.78 is 0. The van der Waals surface area contributed by atoms with Crippen LogP contribution >= 0.6 is 0 Å². The van der Waals surface area contributed by atoms with E-state index in [9.17, 15) is 9.90 Å². The smallest absolute Gasteiger partial charge is 0.255 e. The summed E-state index contributed by atoms with van der Waals surface area (Å²) in [5, 5.41) is 16.0. The molecule has 3 N–H and O–H groups in total. The van der Waals surface area contributed by atoms with Gasteiger partial charge in [0.15, 0.2) is 0 Å². The third-order valence-electron chi connectivity index (χ3n) is 3.56. The van der Waals surface area contributed by atoms with Gasteiger partial charge in [-0.25, -0.2) is 0 Å². The number of carbonyl (C=O) groups excluding carboxylic acids is 1. The minimum absolute atomic E-state index is 0.0456. The van der Waals surface area contributed by atoms with Gasteiger partial charge in [-0.05, 0) is 57.0 Å². The summed E-state index contributed by atoms with van der Waals surface area (Å²) in [5.41, 5.74) is 1.29. The van der Waals surface area contributed by atoms with Crippen molar-refractivity contribution in [2.45, 2.75) is 26.3 Å². The molecule has 0 aliphatic carbocycles. The molecule has 2 atom stereocenters. The van der Waals surface area contributed by atoms with E-state index in [2.05, 4.69) is 10.6 Å². The Morgan fingerprint density at radius 3 is 2.94 bits per heavy atom. The molecule has 98 valence electrons. The summed E-state index contributed by atoms with van der Waals surface area (Å²) >= 11 is 0. The molecular weight excluding hydrogens is 228 g/mol. The second-order valence-corrected chi connectivity index (χ2v) is 5.04. The number of hydrogen-bond donors (Lipinski definition) is 3. The molecule has 1 aromatic rings. The molecule has 1 heterocycles. The Morgan fingerprint density at radius 2 is 2.33 bits per heavy atom. The molecule has 1 aromatic carbocycles. The van der Waals surface area contributed by atoms with Gasteiger partial charge in [-0.1, -0.05) is 6.07 Å². The molecule has 0 aromatic heterocycles.